The van der Waals surface area contributed by atoms with Crippen molar-refractivity contribution >= 4 is 46.7 Å². The van der Waals surface area contributed by atoms with Crippen molar-refractivity contribution < 1.29 is 23.9 Å². The number of nitrogens with one attached hydrogen (secondary N) is 1. The largest absolute Gasteiger partial charge is 0.452 e. The molecule has 3 aromatic rings. The SMILES string of the molecule is Cc1ccc(Cl)cc1NC(=O)COC(=O)c1cccc(N2C(=O)[C@@H]3[C@@H]4C[C@@H]([C@H]3C2=O)[C@H](c2ccccc2)C4)c1. The van der Waals surface area contributed by atoms with Crippen LogP contribution in [0.1, 0.15) is 40.2 Å². The highest BCUT2D eigenvalue weighted by molar-refractivity contribution is 6.31. The summed E-state index contributed by atoms with van der Waals surface area (Å²) in [4.78, 5) is 53.4. The van der Waals surface area contributed by atoms with Gasteiger partial charge in [-0.15, -0.1) is 0 Å². The van der Waals surface area contributed by atoms with Crippen LogP contribution >= 0.6 is 11.6 Å². The lowest BCUT2D eigenvalue weighted by Crippen LogP contribution is -2.33. The van der Waals surface area contributed by atoms with Gasteiger partial charge in [-0.2, -0.15) is 0 Å². The minimum atomic E-state index is -0.724. The first-order valence-corrected chi connectivity index (χ1v) is 13.5. The second-order valence-electron chi connectivity index (χ2n) is 10.6. The molecule has 5 atom stereocenters. The second-order valence-corrected chi connectivity index (χ2v) is 11.0. The van der Waals surface area contributed by atoms with Crippen LogP contribution in [-0.4, -0.2) is 30.3 Å². The summed E-state index contributed by atoms with van der Waals surface area (Å²) in [6.45, 7) is 1.33. The number of imide groups is 1. The molecule has 3 amide bonds. The highest BCUT2D eigenvalue weighted by atomic mass is 35.5. The van der Waals surface area contributed by atoms with E-state index in [4.69, 9.17) is 16.3 Å². The van der Waals surface area contributed by atoms with Crippen molar-refractivity contribution in [2.75, 3.05) is 16.8 Å². The van der Waals surface area contributed by atoms with Crippen LogP contribution in [-0.2, 0) is 19.1 Å². The zero-order valence-corrected chi connectivity index (χ0v) is 22.1. The van der Waals surface area contributed by atoms with Gasteiger partial charge >= 0.3 is 5.97 Å². The van der Waals surface area contributed by atoms with Crippen molar-refractivity contribution in [3.05, 3.63) is 94.5 Å². The van der Waals surface area contributed by atoms with E-state index in [2.05, 4.69) is 17.4 Å². The molecule has 7 nitrogen and oxygen atoms in total. The molecule has 1 saturated heterocycles. The molecular formula is C31H27ClN2O5. The fourth-order valence-electron chi connectivity index (χ4n) is 6.70. The Morgan fingerprint density at radius 3 is 2.51 bits per heavy atom. The molecule has 0 spiro atoms. The van der Waals surface area contributed by atoms with Crippen LogP contribution in [0.2, 0.25) is 5.02 Å². The number of halogens is 1. The molecule has 1 heterocycles. The first-order valence-electron chi connectivity index (χ1n) is 13.1. The van der Waals surface area contributed by atoms with Gasteiger partial charge in [0.2, 0.25) is 11.8 Å². The summed E-state index contributed by atoms with van der Waals surface area (Å²) in [5.74, 6) is -1.67. The number of aryl methyl sites for hydroxylation is 1. The Morgan fingerprint density at radius 1 is 0.949 bits per heavy atom. The number of fused-ring (bicyclic) bond motifs is 5. The van der Waals surface area contributed by atoms with Gasteiger partial charge < -0.3 is 10.1 Å². The third-order valence-corrected chi connectivity index (χ3v) is 8.63. The lowest BCUT2D eigenvalue weighted by Gasteiger charge is -2.28. The van der Waals surface area contributed by atoms with Gasteiger partial charge in [-0.1, -0.05) is 54.1 Å². The zero-order chi connectivity index (χ0) is 27.3. The predicted molar refractivity (Wildman–Crippen MR) is 146 cm³/mol. The van der Waals surface area contributed by atoms with Gasteiger partial charge in [0.05, 0.1) is 23.1 Å². The Morgan fingerprint density at radius 2 is 1.72 bits per heavy atom. The van der Waals surface area contributed by atoms with E-state index in [1.165, 1.54) is 22.6 Å². The van der Waals surface area contributed by atoms with E-state index in [-0.39, 0.29) is 47.0 Å². The number of amides is 3. The summed E-state index contributed by atoms with van der Waals surface area (Å²) < 4.78 is 5.21. The number of nitrogens with zero attached hydrogens (tertiary/aromatic N) is 1. The molecule has 39 heavy (non-hydrogen) atoms. The van der Waals surface area contributed by atoms with Crippen LogP contribution in [0, 0.1) is 30.6 Å². The Bertz CT molecular complexity index is 1490. The molecule has 1 N–H and O–H groups in total. The van der Waals surface area contributed by atoms with Crippen molar-refractivity contribution in [3.8, 4) is 0 Å². The number of hydrogen-bond acceptors (Lipinski definition) is 5. The Hall–Kier alpha value is -3.97. The fourth-order valence-corrected chi connectivity index (χ4v) is 6.87. The van der Waals surface area contributed by atoms with Gasteiger partial charge in [0.25, 0.3) is 5.91 Å². The molecule has 198 valence electrons. The summed E-state index contributed by atoms with van der Waals surface area (Å²) in [6.07, 6.45) is 1.80. The molecule has 1 aliphatic heterocycles. The van der Waals surface area contributed by atoms with Crippen LogP contribution in [0.5, 0.6) is 0 Å². The number of benzene rings is 3. The lowest BCUT2D eigenvalue weighted by molar-refractivity contribution is -0.123. The number of carbonyl (C=O) groups excluding carboxylic acids is 4. The topological polar surface area (TPSA) is 92.8 Å². The second kappa shape index (κ2) is 9.97. The first-order chi connectivity index (χ1) is 18.8. The number of hydrogen-bond donors (Lipinski definition) is 1. The molecule has 0 radical (unpaired) electrons. The van der Waals surface area contributed by atoms with Gasteiger partial charge in [-0.3, -0.25) is 19.3 Å². The minimum Gasteiger partial charge on any atom is -0.452 e. The maximum Gasteiger partial charge on any atom is 0.338 e. The molecular weight excluding hydrogens is 516 g/mol. The standard InChI is InChI=1S/C31H27ClN2O5/c1-17-10-11-21(32)15-25(17)33-26(35)16-39-31(38)19-8-5-9-22(12-19)34-29(36)27-20-13-23(18-6-3-2-4-7-18)24(14-20)28(27)30(34)37/h2-12,15,20,23-24,27-28H,13-14,16H2,1H3,(H,33,35)/t20-,23-,24+,27+,28+/m0/s1. The summed E-state index contributed by atoms with van der Waals surface area (Å²) in [5, 5.41) is 3.15. The number of rotatable bonds is 6. The number of carbonyl (C=O) groups is 4. The number of anilines is 2. The molecule has 6 rings (SSSR count). The van der Waals surface area contributed by atoms with Gasteiger partial charge in [0, 0.05) is 10.7 Å². The predicted octanol–water partition coefficient (Wildman–Crippen LogP) is 5.37. The highest BCUT2D eigenvalue weighted by Gasteiger charge is 2.64. The van der Waals surface area contributed by atoms with Crippen molar-refractivity contribution in [2.45, 2.75) is 25.7 Å². The quantitative estimate of drug-likeness (QED) is 0.334. The fraction of sp³-hybridized carbons (Fsp3) is 0.290. The smallest absolute Gasteiger partial charge is 0.338 e. The maximum atomic E-state index is 13.6. The highest BCUT2D eigenvalue weighted by Crippen LogP contribution is 2.61. The van der Waals surface area contributed by atoms with E-state index in [0.29, 0.717) is 16.4 Å². The van der Waals surface area contributed by atoms with E-state index >= 15 is 0 Å². The van der Waals surface area contributed by atoms with Crippen molar-refractivity contribution in [3.63, 3.8) is 0 Å². The molecule has 3 fully saturated rings. The van der Waals surface area contributed by atoms with Gasteiger partial charge in [0.1, 0.15) is 0 Å². The Labute approximate surface area is 231 Å². The molecule has 2 bridgehead atoms. The van der Waals surface area contributed by atoms with Gasteiger partial charge in [-0.05, 0) is 79.0 Å². The van der Waals surface area contributed by atoms with E-state index in [1.54, 1.807) is 30.3 Å². The van der Waals surface area contributed by atoms with Crippen LogP contribution in [0.4, 0.5) is 11.4 Å². The monoisotopic (exact) mass is 542 g/mol. The zero-order valence-electron chi connectivity index (χ0n) is 21.3. The average Bonchev–Trinajstić information content (AvgIpc) is 3.61. The Balaban J connectivity index is 1.14. The van der Waals surface area contributed by atoms with Crippen molar-refractivity contribution in [1.29, 1.82) is 0 Å². The van der Waals surface area contributed by atoms with E-state index in [0.717, 1.165) is 18.4 Å². The maximum absolute atomic E-state index is 13.6. The van der Waals surface area contributed by atoms with Crippen molar-refractivity contribution in [1.82, 2.24) is 0 Å². The van der Waals surface area contributed by atoms with E-state index in [9.17, 15) is 19.2 Å². The van der Waals surface area contributed by atoms with Crippen LogP contribution in [0.15, 0.2) is 72.8 Å². The third-order valence-electron chi connectivity index (χ3n) is 8.39. The number of ether oxygens (including phenoxy) is 1. The molecule has 3 aliphatic rings. The molecule has 2 saturated carbocycles. The van der Waals surface area contributed by atoms with Crippen molar-refractivity contribution in [2.24, 2.45) is 23.7 Å². The summed E-state index contributed by atoms with van der Waals surface area (Å²) >= 11 is 5.99. The summed E-state index contributed by atoms with van der Waals surface area (Å²) in [5.41, 5.74) is 3.08. The van der Waals surface area contributed by atoms with E-state index < -0.39 is 18.5 Å². The normalized spacial score (nSPS) is 25.1. The summed E-state index contributed by atoms with van der Waals surface area (Å²) in [7, 11) is 0. The minimum absolute atomic E-state index is 0.138. The average molecular weight is 543 g/mol. The molecule has 8 heteroatoms. The number of esters is 1. The third kappa shape index (κ3) is 4.51. The molecule has 2 aliphatic carbocycles. The summed E-state index contributed by atoms with van der Waals surface area (Å²) in [6, 6.07) is 21.6. The Kier molecular flexibility index (Phi) is 6.47. The van der Waals surface area contributed by atoms with Crippen LogP contribution in [0.3, 0.4) is 0 Å². The van der Waals surface area contributed by atoms with E-state index in [1.807, 2.05) is 25.1 Å². The lowest BCUT2D eigenvalue weighted by atomic mass is 9.73. The molecule has 3 aromatic carbocycles. The first kappa shape index (κ1) is 25.3. The van der Waals surface area contributed by atoms with Gasteiger partial charge in [-0.25, -0.2) is 4.79 Å². The molecule has 0 aromatic heterocycles. The van der Waals surface area contributed by atoms with Gasteiger partial charge in [0.15, 0.2) is 6.61 Å². The van der Waals surface area contributed by atoms with Crippen LogP contribution < -0.4 is 10.2 Å². The van der Waals surface area contributed by atoms with Crippen LogP contribution in [0.25, 0.3) is 0 Å². The molecule has 0 unspecified atom stereocenters.